The fourth-order valence-corrected chi connectivity index (χ4v) is 4.95. The lowest BCUT2D eigenvalue weighted by Crippen LogP contribution is -2.28. The Bertz CT molecular complexity index is 1070. The first-order chi connectivity index (χ1) is 16.7. The SMILES string of the molecule is N#CC(CCCCC(C#N)(c1ccccc1)c1ccccc1)(c1ccccc1)c1ccccc1. The molecule has 0 heterocycles. The van der Waals surface area contributed by atoms with Gasteiger partial charge in [0.25, 0.3) is 0 Å². The minimum Gasteiger partial charge on any atom is -0.197 e. The van der Waals surface area contributed by atoms with E-state index >= 15 is 0 Å². The average molecular weight is 441 g/mol. The second kappa shape index (κ2) is 10.7. The minimum absolute atomic E-state index is 0.697. The predicted molar refractivity (Wildman–Crippen MR) is 137 cm³/mol. The van der Waals surface area contributed by atoms with E-state index in [0.29, 0.717) is 12.8 Å². The Morgan fingerprint density at radius 3 is 0.853 bits per heavy atom. The summed E-state index contributed by atoms with van der Waals surface area (Å²) in [7, 11) is 0. The van der Waals surface area contributed by atoms with Crippen LogP contribution in [0.4, 0.5) is 0 Å². The van der Waals surface area contributed by atoms with Crippen molar-refractivity contribution in [2.24, 2.45) is 0 Å². The summed E-state index contributed by atoms with van der Waals surface area (Å²) < 4.78 is 0. The minimum atomic E-state index is -0.711. The number of nitriles is 2. The first-order valence-electron chi connectivity index (χ1n) is 11.8. The van der Waals surface area contributed by atoms with Gasteiger partial charge in [-0.05, 0) is 35.1 Å². The molecule has 2 nitrogen and oxygen atoms in total. The van der Waals surface area contributed by atoms with Gasteiger partial charge in [-0.15, -0.1) is 0 Å². The summed E-state index contributed by atoms with van der Waals surface area (Å²) in [5, 5.41) is 20.9. The Morgan fingerprint density at radius 2 is 0.647 bits per heavy atom. The van der Waals surface area contributed by atoms with Crippen molar-refractivity contribution in [3.8, 4) is 12.1 Å². The highest BCUT2D eigenvalue weighted by molar-refractivity contribution is 5.47. The van der Waals surface area contributed by atoms with Crippen LogP contribution in [0.1, 0.15) is 47.9 Å². The van der Waals surface area contributed by atoms with Gasteiger partial charge in [-0.3, -0.25) is 0 Å². The van der Waals surface area contributed by atoms with Gasteiger partial charge in [-0.1, -0.05) is 134 Å². The molecule has 0 saturated carbocycles. The van der Waals surface area contributed by atoms with Crippen molar-refractivity contribution in [1.29, 1.82) is 10.5 Å². The Kier molecular flexibility index (Phi) is 7.22. The maximum atomic E-state index is 10.4. The van der Waals surface area contributed by atoms with Gasteiger partial charge in [0.05, 0.1) is 12.1 Å². The van der Waals surface area contributed by atoms with E-state index in [9.17, 15) is 10.5 Å². The van der Waals surface area contributed by atoms with Crippen LogP contribution in [0.15, 0.2) is 121 Å². The van der Waals surface area contributed by atoms with Crippen molar-refractivity contribution in [3.05, 3.63) is 144 Å². The Balaban J connectivity index is 1.61. The zero-order valence-electron chi connectivity index (χ0n) is 19.3. The van der Waals surface area contributed by atoms with Gasteiger partial charge < -0.3 is 0 Å². The van der Waals surface area contributed by atoms with Crippen LogP contribution in [0.2, 0.25) is 0 Å². The van der Waals surface area contributed by atoms with Crippen LogP contribution in [0, 0.1) is 22.7 Å². The molecule has 4 aromatic rings. The van der Waals surface area contributed by atoms with E-state index < -0.39 is 10.8 Å². The molecule has 0 amide bonds. The van der Waals surface area contributed by atoms with Crippen LogP contribution in [0.3, 0.4) is 0 Å². The maximum absolute atomic E-state index is 10.4. The van der Waals surface area contributed by atoms with Crippen LogP contribution in [-0.4, -0.2) is 0 Å². The third-order valence-corrected chi connectivity index (χ3v) is 6.80. The summed E-state index contributed by atoms with van der Waals surface area (Å²) >= 11 is 0. The summed E-state index contributed by atoms with van der Waals surface area (Å²) in [5.41, 5.74) is 2.64. The normalized spacial score (nSPS) is 11.4. The highest BCUT2D eigenvalue weighted by Gasteiger charge is 2.36. The maximum Gasteiger partial charge on any atom is 0.107 e. The summed E-state index contributed by atoms with van der Waals surface area (Å²) in [6, 6.07) is 45.6. The van der Waals surface area contributed by atoms with E-state index in [4.69, 9.17) is 0 Å². The van der Waals surface area contributed by atoms with Gasteiger partial charge in [-0.25, -0.2) is 0 Å². The fourth-order valence-electron chi connectivity index (χ4n) is 4.95. The number of benzene rings is 4. The van der Waals surface area contributed by atoms with Crippen molar-refractivity contribution in [1.82, 2.24) is 0 Å². The summed E-state index contributed by atoms with van der Waals surface area (Å²) in [6.07, 6.45) is 3.06. The first-order valence-corrected chi connectivity index (χ1v) is 11.8. The Hall–Kier alpha value is -4.14. The molecule has 0 bridgehead atoms. The smallest absolute Gasteiger partial charge is 0.107 e. The molecule has 0 N–H and O–H groups in total. The first kappa shape index (κ1) is 23.0. The van der Waals surface area contributed by atoms with Gasteiger partial charge in [0.15, 0.2) is 0 Å². The molecule has 2 heteroatoms. The van der Waals surface area contributed by atoms with E-state index in [1.807, 2.05) is 121 Å². The third kappa shape index (κ3) is 4.50. The molecule has 0 aliphatic heterocycles. The van der Waals surface area contributed by atoms with E-state index in [1.54, 1.807) is 0 Å². The fraction of sp³-hybridized carbons (Fsp3) is 0.188. The second-order valence-electron chi connectivity index (χ2n) is 8.71. The number of nitrogens with zero attached hydrogens (tertiary/aromatic N) is 2. The second-order valence-corrected chi connectivity index (χ2v) is 8.71. The molecular formula is C32H28N2. The molecule has 4 rings (SSSR count). The lowest BCUT2D eigenvalue weighted by Gasteiger charge is -2.30. The van der Waals surface area contributed by atoms with Crippen molar-refractivity contribution >= 4 is 0 Å². The van der Waals surface area contributed by atoms with E-state index in [2.05, 4.69) is 12.1 Å². The molecule has 0 unspecified atom stereocenters. The van der Waals surface area contributed by atoms with Gasteiger partial charge >= 0.3 is 0 Å². The zero-order valence-corrected chi connectivity index (χ0v) is 19.3. The number of hydrogen-bond donors (Lipinski definition) is 0. The van der Waals surface area contributed by atoms with Crippen LogP contribution in [0.25, 0.3) is 0 Å². The van der Waals surface area contributed by atoms with Crippen LogP contribution in [0.5, 0.6) is 0 Å². The monoisotopic (exact) mass is 440 g/mol. The number of rotatable bonds is 9. The lowest BCUT2D eigenvalue weighted by atomic mass is 9.70. The Morgan fingerprint density at radius 1 is 0.412 bits per heavy atom. The van der Waals surface area contributed by atoms with Crippen molar-refractivity contribution in [2.45, 2.75) is 36.5 Å². The molecule has 0 aliphatic rings. The van der Waals surface area contributed by atoms with E-state index in [1.165, 1.54) is 0 Å². The quantitative estimate of drug-likeness (QED) is 0.252. The van der Waals surface area contributed by atoms with Gasteiger partial charge in [0.2, 0.25) is 0 Å². The molecule has 0 fully saturated rings. The largest absolute Gasteiger partial charge is 0.197 e. The van der Waals surface area contributed by atoms with Crippen molar-refractivity contribution < 1.29 is 0 Å². The van der Waals surface area contributed by atoms with Gasteiger partial charge in [0.1, 0.15) is 10.8 Å². The van der Waals surface area contributed by atoms with Crippen molar-refractivity contribution in [2.75, 3.05) is 0 Å². The summed E-state index contributed by atoms with van der Waals surface area (Å²) in [5.74, 6) is 0. The predicted octanol–water partition coefficient (Wildman–Crippen LogP) is 7.57. The molecule has 4 aromatic carbocycles. The number of unbranched alkanes of at least 4 members (excludes halogenated alkanes) is 1. The molecule has 166 valence electrons. The zero-order chi connectivity index (χ0) is 23.7. The van der Waals surface area contributed by atoms with Crippen LogP contribution < -0.4 is 0 Å². The highest BCUT2D eigenvalue weighted by atomic mass is 14.4. The molecule has 0 radical (unpaired) electrons. The standard InChI is InChI=1S/C32H28N2/c33-25-31(27-15-5-1-6-16-27,28-17-7-2-8-18-28)23-13-14-24-32(26-34,29-19-9-3-10-20-29)30-21-11-4-12-22-30/h1-12,15-22H,13-14,23-24H2. The molecule has 0 saturated heterocycles. The molecule has 0 atom stereocenters. The topological polar surface area (TPSA) is 47.6 Å². The van der Waals surface area contributed by atoms with E-state index in [-0.39, 0.29) is 0 Å². The van der Waals surface area contributed by atoms with Crippen LogP contribution >= 0.6 is 0 Å². The van der Waals surface area contributed by atoms with Gasteiger partial charge in [-0.2, -0.15) is 10.5 Å². The molecule has 0 spiro atoms. The summed E-state index contributed by atoms with van der Waals surface area (Å²) in [4.78, 5) is 0. The van der Waals surface area contributed by atoms with Gasteiger partial charge in [0, 0.05) is 0 Å². The highest BCUT2D eigenvalue weighted by Crippen LogP contribution is 2.40. The average Bonchev–Trinajstić information content (AvgIpc) is 2.93. The molecule has 0 aromatic heterocycles. The molecule has 34 heavy (non-hydrogen) atoms. The lowest BCUT2D eigenvalue weighted by molar-refractivity contribution is 0.489. The van der Waals surface area contributed by atoms with E-state index in [0.717, 1.165) is 35.1 Å². The number of hydrogen-bond acceptors (Lipinski definition) is 2. The molecule has 0 aliphatic carbocycles. The Labute approximate surface area is 202 Å². The van der Waals surface area contributed by atoms with Crippen molar-refractivity contribution in [3.63, 3.8) is 0 Å². The molecular weight excluding hydrogens is 412 g/mol. The third-order valence-electron chi connectivity index (χ3n) is 6.80. The van der Waals surface area contributed by atoms with Crippen LogP contribution in [-0.2, 0) is 10.8 Å². The summed E-state index contributed by atoms with van der Waals surface area (Å²) in [6.45, 7) is 0.